The maximum absolute atomic E-state index is 12.2. The van der Waals surface area contributed by atoms with Crippen LogP contribution in [0, 0.1) is 0 Å². The van der Waals surface area contributed by atoms with E-state index in [2.05, 4.69) is 18.7 Å². The molecule has 0 unspecified atom stereocenters. The molecule has 3 rings (SSSR count). The van der Waals surface area contributed by atoms with Crippen molar-refractivity contribution in [1.82, 2.24) is 23.6 Å². The summed E-state index contributed by atoms with van der Waals surface area (Å²) in [5, 5.41) is 0. The fourth-order valence-electron chi connectivity index (χ4n) is 1.96. The molecule has 0 fully saturated rings. The van der Waals surface area contributed by atoms with Crippen LogP contribution in [0.4, 0.5) is 0 Å². The Morgan fingerprint density at radius 1 is 1.29 bits per heavy atom. The number of fused-ring (bicyclic) bond motifs is 1. The number of nitrogens with one attached hydrogen (secondary N) is 1. The lowest BCUT2D eigenvalue weighted by molar-refractivity contribution is 0.0778. The number of nitrogens with zero attached hydrogens (tertiary/aromatic N) is 4. The average molecular weight is 301 g/mol. The van der Waals surface area contributed by atoms with Crippen LogP contribution in [-0.4, -0.2) is 36.6 Å². The number of carbonyl (C=O) groups excluding carboxylic acids is 1. The SMILES string of the molecule is CN(Cc1ccc2nsnc2c1)C(=O)c1cncc(=O)[nH]1. The van der Waals surface area contributed by atoms with Crippen molar-refractivity contribution in [2.45, 2.75) is 6.54 Å². The van der Waals surface area contributed by atoms with Gasteiger partial charge in [-0.3, -0.25) is 14.6 Å². The van der Waals surface area contributed by atoms with Gasteiger partial charge in [0.05, 0.1) is 24.1 Å². The minimum absolute atomic E-state index is 0.168. The van der Waals surface area contributed by atoms with Crippen molar-refractivity contribution in [2.24, 2.45) is 0 Å². The molecule has 2 heterocycles. The molecular formula is C13H11N5O2S. The quantitative estimate of drug-likeness (QED) is 0.780. The number of hydrogen-bond acceptors (Lipinski definition) is 6. The Kier molecular flexibility index (Phi) is 3.44. The summed E-state index contributed by atoms with van der Waals surface area (Å²) in [4.78, 5) is 31.1. The van der Waals surface area contributed by atoms with Crippen LogP contribution in [0.3, 0.4) is 0 Å². The van der Waals surface area contributed by atoms with Gasteiger partial charge in [-0.1, -0.05) is 6.07 Å². The summed E-state index contributed by atoms with van der Waals surface area (Å²) < 4.78 is 8.30. The van der Waals surface area contributed by atoms with Gasteiger partial charge in [0, 0.05) is 13.6 Å². The van der Waals surface area contributed by atoms with E-state index in [0.29, 0.717) is 6.54 Å². The van der Waals surface area contributed by atoms with E-state index in [1.54, 1.807) is 7.05 Å². The number of H-pyrrole nitrogens is 1. The third kappa shape index (κ3) is 2.79. The number of carbonyl (C=O) groups is 1. The molecular weight excluding hydrogens is 290 g/mol. The van der Waals surface area contributed by atoms with Crippen molar-refractivity contribution in [3.05, 3.63) is 52.2 Å². The molecule has 0 radical (unpaired) electrons. The molecule has 21 heavy (non-hydrogen) atoms. The molecule has 0 aliphatic carbocycles. The fraction of sp³-hybridized carbons (Fsp3) is 0.154. The van der Waals surface area contributed by atoms with Gasteiger partial charge in [-0.05, 0) is 17.7 Å². The lowest BCUT2D eigenvalue weighted by atomic mass is 10.2. The Balaban J connectivity index is 1.80. The maximum atomic E-state index is 12.2. The Labute approximate surface area is 123 Å². The zero-order valence-electron chi connectivity index (χ0n) is 11.1. The highest BCUT2D eigenvalue weighted by atomic mass is 32.1. The molecule has 106 valence electrons. The molecule has 7 nitrogen and oxygen atoms in total. The van der Waals surface area contributed by atoms with Crippen LogP contribution in [0.1, 0.15) is 16.1 Å². The van der Waals surface area contributed by atoms with Crippen LogP contribution in [0.5, 0.6) is 0 Å². The second-order valence-electron chi connectivity index (χ2n) is 4.56. The predicted octanol–water partition coefficient (Wildman–Crippen LogP) is 1.05. The first-order chi connectivity index (χ1) is 10.1. The molecule has 0 saturated heterocycles. The smallest absolute Gasteiger partial charge is 0.272 e. The number of amides is 1. The number of aromatic nitrogens is 4. The van der Waals surface area contributed by atoms with E-state index in [-0.39, 0.29) is 11.6 Å². The predicted molar refractivity (Wildman–Crippen MR) is 78.1 cm³/mol. The van der Waals surface area contributed by atoms with Crippen LogP contribution >= 0.6 is 11.7 Å². The van der Waals surface area contributed by atoms with Gasteiger partial charge < -0.3 is 9.88 Å². The van der Waals surface area contributed by atoms with Crippen molar-refractivity contribution >= 4 is 28.7 Å². The minimum atomic E-state index is -0.399. The molecule has 1 amide bonds. The molecule has 0 saturated carbocycles. The van der Waals surface area contributed by atoms with Crippen LogP contribution < -0.4 is 5.56 Å². The van der Waals surface area contributed by atoms with Gasteiger partial charge >= 0.3 is 0 Å². The van der Waals surface area contributed by atoms with Gasteiger partial charge in [0.25, 0.3) is 11.5 Å². The van der Waals surface area contributed by atoms with Crippen molar-refractivity contribution < 1.29 is 4.79 Å². The first-order valence-corrected chi connectivity index (χ1v) is 6.87. The van der Waals surface area contributed by atoms with E-state index in [1.807, 2.05) is 18.2 Å². The minimum Gasteiger partial charge on any atom is -0.336 e. The van der Waals surface area contributed by atoms with Crippen molar-refractivity contribution in [3.63, 3.8) is 0 Å². The zero-order chi connectivity index (χ0) is 14.8. The highest BCUT2D eigenvalue weighted by Crippen LogP contribution is 2.15. The van der Waals surface area contributed by atoms with Gasteiger partial charge in [0.15, 0.2) is 0 Å². The van der Waals surface area contributed by atoms with Crippen molar-refractivity contribution in [1.29, 1.82) is 0 Å². The average Bonchev–Trinajstić information content (AvgIpc) is 2.94. The van der Waals surface area contributed by atoms with Gasteiger partial charge in [0.1, 0.15) is 16.7 Å². The summed E-state index contributed by atoms with van der Waals surface area (Å²) in [5.74, 6) is -0.295. The van der Waals surface area contributed by atoms with E-state index in [1.165, 1.54) is 11.1 Å². The summed E-state index contributed by atoms with van der Waals surface area (Å²) in [5.41, 5.74) is 2.37. The first kappa shape index (κ1) is 13.4. The second-order valence-corrected chi connectivity index (χ2v) is 5.09. The van der Waals surface area contributed by atoms with Crippen LogP contribution in [0.25, 0.3) is 11.0 Å². The molecule has 2 aromatic heterocycles. The number of rotatable bonds is 3. The Bertz CT molecular complexity index is 857. The number of hydrogen-bond donors (Lipinski definition) is 1. The molecule has 8 heteroatoms. The fourth-order valence-corrected chi connectivity index (χ4v) is 2.48. The monoisotopic (exact) mass is 301 g/mol. The topological polar surface area (TPSA) is 91.8 Å². The first-order valence-electron chi connectivity index (χ1n) is 6.14. The van der Waals surface area contributed by atoms with E-state index in [0.717, 1.165) is 34.5 Å². The molecule has 0 atom stereocenters. The summed E-state index contributed by atoms with van der Waals surface area (Å²) in [6.07, 6.45) is 2.47. The lowest BCUT2D eigenvalue weighted by Gasteiger charge is -2.16. The Hall–Kier alpha value is -2.61. The summed E-state index contributed by atoms with van der Waals surface area (Å²) in [6.45, 7) is 0.406. The molecule has 0 aliphatic heterocycles. The standard InChI is InChI=1S/C13H11N5O2S/c1-18(13(20)11-5-14-6-12(19)15-11)7-8-2-3-9-10(4-8)17-21-16-9/h2-6H,7H2,1H3,(H,15,19). The van der Waals surface area contributed by atoms with Gasteiger partial charge in [-0.15, -0.1) is 0 Å². The normalized spacial score (nSPS) is 10.7. The molecule has 1 N–H and O–H groups in total. The van der Waals surface area contributed by atoms with Gasteiger partial charge in [-0.25, -0.2) is 0 Å². The highest BCUT2D eigenvalue weighted by Gasteiger charge is 2.13. The van der Waals surface area contributed by atoms with Crippen molar-refractivity contribution in [2.75, 3.05) is 7.05 Å². The van der Waals surface area contributed by atoms with Gasteiger partial charge in [-0.2, -0.15) is 8.75 Å². The van der Waals surface area contributed by atoms with E-state index >= 15 is 0 Å². The van der Waals surface area contributed by atoms with E-state index < -0.39 is 5.56 Å². The third-order valence-corrected chi connectivity index (χ3v) is 3.53. The van der Waals surface area contributed by atoms with Crippen LogP contribution in [0.15, 0.2) is 35.4 Å². The largest absolute Gasteiger partial charge is 0.336 e. The molecule has 3 aromatic rings. The zero-order valence-corrected chi connectivity index (χ0v) is 11.9. The lowest BCUT2D eigenvalue weighted by Crippen LogP contribution is -2.28. The summed E-state index contributed by atoms with van der Waals surface area (Å²) in [7, 11) is 1.66. The van der Waals surface area contributed by atoms with Crippen LogP contribution in [-0.2, 0) is 6.54 Å². The Morgan fingerprint density at radius 3 is 2.90 bits per heavy atom. The van der Waals surface area contributed by atoms with Crippen molar-refractivity contribution in [3.8, 4) is 0 Å². The third-order valence-electron chi connectivity index (χ3n) is 2.97. The Morgan fingerprint density at radius 2 is 2.10 bits per heavy atom. The molecule has 0 bridgehead atoms. The van der Waals surface area contributed by atoms with Gasteiger partial charge in [0.2, 0.25) is 0 Å². The molecule has 0 aliphatic rings. The van der Waals surface area contributed by atoms with E-state index in [4.69, 9.17) is 0 Å². The summed E-state index contributed by atoms with van der Waals surface area (Å²) in [6, 6.07) is 5.67. The van der Waals surface area contributed by atoms with Crippen LogP contribution in [0.2, 0.25) is 0 Å². The van der Waals surface area contributed by atoms with E-state index in [9.17, 15) is 9.59 Å². The summed E-state index contributed by atoms with van der Waals surface area (Å²) >= 11 is 1.16. The maximum Gasteiger partial charge on any atom is 0.272 e. The second kappa shape index (κ2) is 5.41. The number of aromatic amines is 1. The molecule has 1 aromatic carbocycles. The highest BCUT2D eigenvalue weighted by molar-refractivity contribution is 7.00. The number of benzene rings is 1. The molecule has 0 spiro atoms.